The van der Waals surface area contributed by atoms with Gasteiger partial charge in [0.15, 0.2) is 6.61 Å². The highest BCUT2D eigenvalue weighted by molar-refractivity contribution is 6.35. The van der Waals surface area contributed by atoms with E-state index in [9.17, 15) is 4.79 Å². The Morgan fingerprint density at radius 1 is 1.26 bits per heavy atom. The van der Waals surface area contributed by atoms with Crippen LogP contribution in [0, 0.1) is 6.92 Å². The number of benzene rings is 2. The van der Waals surface area contributed by atoms with E-state index in [0.29, 0.717) is 28.9 Å². The highest BCUT2D eigenvalue weighted by Gasteiger charge is 2.23. The summed E-state index contributed by atoms with van der Waals surface area (Å²) in [6.45, 7) is 3.62. The molecular weight excluding hydrogens is 385 g/mol. The van der Waals surface area contributed by atoms with Gasteiger partial charge in [0, 0.05) is 29.7 Å². The summed E-state index contributed by atoms with van der Waals surface area (Å²) in [4.78, 5) is 14.6. The molecule has 1 amide bonds. The summed E-state index contributed by atoms with van der Waals surface area (Å²) in [5.74, 6) is 0.586. The third kappa shape index (κ3) is 5.86. The van der Waals surface area contributed by atoms with Crippen molar-refractivity contribution in [2.24, 2.45) is 0 Å². The first-order valence-corrected chi connectivity index (χ1v) is 9.79. The molecule has 4 nitrogen and oxygen atoms in total. The average Bonchev–Trinajstić information content (AvgIpc) is 3.14. The molecule has 1 saturated heterocycles. The second kappa shape index (κ2) is 9.45. The maximum absolute atomic E-state index is 12.8. The summed E-state index contributed by atoms with van der Waals surface area (Å²) in [6, 6.07) is 13.0. The maximum Gasteiger partial charge on any atom is 0.260 e. The Bertz CT molecular complexity index is 791. The molecule has 1 heterocycles. The standard InChI is InChI=1S/C21H23Cl2NO3/c1-15-4-2-5-18(10-15)27-14-21(25)24(13-19-6-3-9-26-19)12-16-7-8-17(22)11-20(16)23/h2,4-5,7-8,10-11,19H,3,6,9,12-14H2,1H3/t19-/m0/s1. The van der Waals surface area contributed by atoms with Crippen LogP contribution in [-0.4, -0.2) is 36.7 Å². The van der Waals surface area contributed by atoms with Crippen molar-refractivity contribution >= 4 is 29.1 Å². The average molecular weight is 408 g/mol. The first-order chi connectivity index (χ1) is 13.0. The fourth-order valence-corrected chi connectivity index (χ4v) is 3.55. The van der Waals surface area contributed by atoms with E-state index in [1.165, 1.54) is 0 Å². The van der Waals surface area contributed by atoms with Crippen LogP contribution in [0.3, 0.4) is 0 Å². The molecule has 0 spiro atoms. The second-order valence-corrected chi connectivity index (χ2v) is 7.59. The summed E-state index contributed by atoms with van der Waals surface area (Å²) >= 11 is 12.3. The molecule has 0 radical (unpaired) electrons. The molecule has 1 fully saturated rings. The van der Waals surface area contributed by atoms with Crippen LogP contribution in [0.5, 0.6) is 5.75 Å². The van der Waals surface area contributed by atoms with Gasteiger partial charge in [-0.25, -0.2) is 0 Å². The van der Waals surface area contributed by atoms with Crippen molar-refractivity contribution in [1.29, 1.82) is 0 Å². The molecule has 1 aliphatic heterocycles. The highest BCUT2D eigenvalue weighted by Crippen LogP contribution is 2.23. The number of ether oxygens (including phenoxy) is 2. The Balaban J connectivity index is 1.68. The zero-order valence-corrected chi connectivity index (χ0v) is 16.8. The van der Waals surface area contributed by atoms with Crippen molar-refractivity contribution in [3.63, 3.8) is 0 Å². The van der Waals surface area contributed by atoms with Crippen LogP contribution in [0.4, 0.5) is 0 Å². The van der Waals surface area contributed by atoms with E-state index in [2.05, 4.69) is 0 Å². The summed E-state index contributed by atoms with van der Waals surface area (Å²) in [5, 5.41) is 1.12. The molecule has 0 saturated carbocycles. The fraction of sp³-hybridized carbons (Fsp3) is 0.381. The van der Waals surface area contributed by atoms with Gasteiger partial charge < -0.3 is 14.4 Å². The molecular formula is C21H23Cl2NO3. The van der Waals surface area contributed by atoms with Crippen LogP contribution in [-0.2, 0) is 16.1 Å². The minimum absolute atomic E-state index is 0.0264. The SMILES string of the molecule is Cc1cccc(OCC(=O)N(Cc2ccc(Cl)cc2Cl)C[C@@H]2CCCO2)c1. The van der Waals surface area contributed by atoms with Crippen LogP contribution in [0.15, 0.2) is 42.5 Å². The number of carbonyl (C=O) groups is 1. The Morgan fingerprint density at radius 2 is 2.11 bits per heavy atom. The van der Waals surface area contributed by atoms with Gasteiger partial charge in [-0.2, -0.15) is 0 Å². The third-order valence-corrected chi connectivity index (χ3v) is 5.12. The van der Waals surface area contributed by atoms with E-state index in [0.717, 1.165) is 30.6 Å². The van der Waals surface area contributed by atoms with E-state index < -0.39 is 0 Å². The molecule has 1 atom stereocenters. The van der Waals surface area contributed by atoms with Crippen molar-refractivity contribution in [3.05, 3.63) is 63.6 Å². The van der Waals surface area contributed by atoms with Crippen LogP contribution in [0.1, 0.15) is 24.0 Å². The predicted molar refractivity (Wildman–Crippen MR) is 108 cm³/mol. The molecule has 0 bridgehead atoms. The Kier molecular flexibility index (Phi) is 7.00. The minimum atomic E-state index is -0.0991. The molecule has 144 valence electrons. The van der Waals surface area contributed by atoms with Gasteiger partial charge in [0.25, 0.3) is 5.91 Å². The van der Waals surface area contributed by atoms with Crippen LogP contribution in [0.25, 0.3) is 0 Å². The molecule has 27 heavy (non-hydrogen) atoms. The number of aryl methyl sites for hydroxylation is 1. The number of hydrogen-bond acceptors (Lipinski definition) is 3. The number of halogens is 2. The van der Waals surface area contributed by atoms with Gasteiger partial charge in [0.2, 0.25) is 0 Å². The fourth-order valence-electron chi connectivity index (χ4n) is 3.09. The molecule has 0 aromatic heterocycles. The quantitative estimate of drug-likeness (QED) is 0.655. The molecule has 2 aromatic carbocycles. The Hall–Kier alpha value is -1.75. The largest absolute Gasteiger partial charge is 0.484 e. The minimum Gasteiger partial charge on any atom is -0.484 e. The van der Waals surface area contributed by atoms with E-state index >= 15 is 0 Å². The van der Waals surface area contributed by atoms with Crippen LogP contribution < -0.4 is 4.74 Å². The van der Waals surface area contributed by atoms with Crippen molar-refractivity contribution in [2.45, 2.75) is 32.4 Å². The normalized spacial score (nSPS) is 16.3. The zero-order valence-electron chi connectivity index (χ0n) is 15.3. The Morgan fingerprint density at radius 3 is 2.81 bits per heavy atom. The van der Waals surface area contributed by atoms with Crippen molar-refractivity contribution in [1.82, 2.24) is 4.90 Å². The maximum atomic E-state index is 12.8. The summed E-state index contributed by atoms with van der Waals surface area (Å²) in [7, 11) is 0. The van der Waals surface area contributed by atoms with Gasteiger partial charge in [-0.15, -0.1) is 0 Å². The van der Waals surface area contributed by atoms with Gasteiger partial charge in [0.1, 0.15) is 5.75 Å². The second-order valence-electron chi connectivity index (χ2n) is 6.75. The molecule has 0 aliphatic carbocycles. The number of amides is 1. The third-order valence-electron chi connectivity index (χ3n) is 4.53. The van der Waals surface area contributed by atoms with E-state index in [-0.39, 0.29) is 18.6 Å². The van der Waals surface area contributed by atoms with E-state index in [4.69, 9.17) is 32.7 Å². The van der Waals surface area contributed by atoms with E-state index in [1.54, 1.807) is 17.0 Å². The lowest BCUT2D eigenvalue weighted by atomic mass is 10.1. The highest BCUT2D eigenvalue weighted by atomic mass is 35.5. The summed E-state index contributed by atoms with van der Waals surface area (Å²) in [5.41, 5.74) is 1.94. The molecule has 2 aromatic rings. The number of hydrogen-bond donors (Lipinski definition) is 0. The lowest BCUT2D eigenvalue weighted by Gasteiger charge is -2.26. The van der Waals surface area contributed by atoms with Gasteiger partial charge in [0.05, 0.1) is 6.10 Å². The van der Waals surface area contributed by atoms with Gasteiger partial charge in [-0.05, 0) is 55.2 Å². The van der Waals surface area contributed by atoms with Crippen molar-refractivity contribution in [2.75, 3.05) is 19.8 Å². The van der Waals surface area contributed by atoms with Crippen LogP contribution >= 0.6 is 23.2 Å². The van der Waals surface area contributed by atoms with Crippen molar-refractivity contribution < 1.29 is 14.3 Å². The summed E-state index contributed by atoms with van der Waals surface area (Å²) < 4.78 is 11.4. The summed E-state index contributed by atoms with van der Waals surface area (Å²) in [6.07, 6.45) is 2.03. The number of nitrogens with zero attached hydrogens (tertiary/aromatic N) is 1. The molecule has 1 aliphatic rings. The monoisotopic (exact) mass is 407 g/mol. The van der Waals surface area contributed by atoms with Gasteiger partial charge >= 0.3 is 0 Å². The first kappa shape index (κ1) is 20.0. The molecule has 6 heteroatoms. The molecule has 0 unspecified atom stereocenters. The topological polar surface area (TPSA) is 38.8 Å². The Labute approximate surface area is 170 Å². The molecule has 0 N–H and O–H groups in total. The van der Waals surface area contributed by atoms with Crippen molar-refractivity contribution in [3.8, 4) is 5.75 Å². The number of carbonyl (C=O) groups excluding carboxylic acids is 1. The number of rotatable bonds is 7. The van der Waals surface area contributed by atoms with E-state index in [1.807, 2.05) is 37.3 Å². The predicted octanol–water partition coefficient (Wildman–Crippen LogP) is 4.89. The lowest BCUT2D eigenvalue weighted by molar-refractivity contribution is -0.135. The lowest BCUT2D eigenvalue weighted by Crippen LogP contribution is -2.39. The molecule has 3 rings (SSSR count). The van der Waals surface area contributed by atoms with Gasteiger partial charge in [-0.1, -0.05) is 41.4 Å². The zero-order chi connectivity index (χ0) is 19.2. The first-order valence-electron chi connectivity index (χ1n) is 9.04. The smallest absolute Gasteiger partial charge is 0.260 e. The van der Waals surface area contributed by atoms with Gasteiger partial charge in [-0.3, -0.25) is 4.79 Å². The van der Waals surface area contributed by atoms with Crippen LogP contribution in [0.2, 0.25) is 10.0 Å².